The summed E-state index contributed by atoms with van der Waals surface area (Å²) in [5.41, 5.74) is 2.26. The summed E-state index contributed by atoms with van der Waals surface area (Å²) in [6.45, 7) is 2.00. The molecule has 0 saturated heterocycles. The molecule has 0 bridgehead atoms. The van der Waals surface area contributed by atoms with Gasteiger partial charge >= 0.3 is 12.4 Å². The van der Waals surface area contributed by atoms with E-state index in [0.717, 1.165) is 44.1 Å². The van der Waals surface area contributed by atoms with Crippen LogP contribution in [0.3, 0.4) is 0 Å². The molecule has 201 valence electrons. The second-order valence-corrected chi connectivity index (χ2v) is 9.27. The van der Waals surface area contributed by atoms with E-state index in [-0.39, 0.29) is 26.8 Å². The number of hydrogen-bond acceptors (Lipinski definition) is 7. The fourth-order valence-corrected chi connectivity index (χ4v) is 4.63. The summed E-state index contributed by atoms with van der Waals surface area (Å²) in [7, 11) is 1.49. The van der Waals surface area contributed by atoms with Crippen molar-refractivity contribution >= 4 is 55.3 Å². The van der Waals surface area contributed by atoms with Crippen LogP contribution < -0.4 is 4.74 Å². The number of aromatic nitrogens is 2. The minimum absolute atomic E-state index is 0. The Morgan fingerprint density at radius 2 is 1.38 bits per heavy atom. The van der Waals surface area contributed by atoms with Gasteiger partial charge in [-0.3, -0.25) is 0 Å². The molecule has 5 nitrogen and oxygen atoms in total. The van der Waals surface area contributed by atoms with E-state index >= 15 is 0 Å². The molecule has 0 amide bonds. The minimum Gasteiger partial charge on any atom is -0.504 e. The molecule has 0 saturated carbocycles. The first kappa shape index (κ1) is 30.4. The van der Waals surface area contributed by atoms with Gasteiger partial charge in [0, 0.05) is 35.0 Å². The molecule has 2 heterocycles. The molecule has 0 aliphatic heterocycles. The van der Waals surface area contributed by atoms with Crippen LogP contribution in [0.25, 0.3) is 32.6 Å². The molecule has 0 aliphatic rings. The number of allylic oxidation sites excluding steroid dienone is 2. The Hall–Kier alpha value is -2.81. The van der Waals surface area contributed by atoms with Crippen molar-refractivity contribution in [2.75, 3.05) is 7.11 Å². The molecule has 0 spiro atoms. The Kier molecular flexibility index (Phi) is 9.99. The number of nitrogens with zero attached hydrogens (tertiary/aromatic N) is 2. The number of rotatable bonds is 4. The van der Waals surface area contributed by atoms with Crippen molar-refractivity contribution in [2.45, 2.75) is 25.7 Å². The predicted octanol–water partition coefficient (Wildman–Crippen LogP) is 8.08. The quantitative estimate of drug-likeness (QED) is 0.181. The molecule has 2 aromatic carbocycles. The zero-order valence-electron chi connectivity index (χ0n) is 18.9. The van der Waals surface area contributed by atoms with Crippen LogP contribution in [0, 0.1) is 0 Å². The molecule has 37 heavy (non-hydrogen) atoms. The topological polar surface area (TPSA) is 75.5 Å². The van der Waals surface area contributed by atoms with Crippen molar-refractivity contribution < 1.29 is 58.1 Å². The van der Waals surface area contributed by atoms with Gasteiger partial charge in [0.05, 0.1) is 27.5 Å². The first-order valence-electron chi connectivity index (χ1n) is 10.1. The summed E-state index contributed by atoms with van der Waals surface area (Å²) in [5.74, 6) is -2.71. The van der Waals surface area contributed by atoms with Crippen LogP contribution in [0.4, 0.5) is 26.3 Å². The predicted molar refractivity (Wildman–Crippen MR) is 128 cm³/mol. The molecule has 0 atom stereocenters. The summed E-state index contributed by atoms with van der Waals surface area (Å²) < 4.78 is 79.5. The van der Waals surface area contributed by atoms with E-state index in [4.69, 9.17) is 14.9 Å². The van der Waals surface area contributed by atoms with Crippen LogP contribution in [0.1, 0.15) is 22.5 Å². The number of ether oxygens (including phenoxy) is 1. The molecule has 4 rings (SSSR count). The van der Waals surface area contributed by atoms with Gasteiger partial charge < -0.3 is 14.9 Å². The SMILES string of the molecule is CCc1ccc2nc(/C=C(\O)C(F)(F)F)sc2c1.COc1ccc2sc(/C=C(\O)C(F)(F)F)nc2c1.[Co]. The Balaban J connectivity index is 0.000000253. The first-order chi connectivity index (χ1) is 16.8. The average molecular weight is 607 g/mol. The normalized spacial score (nSPS) is 12.8. The van der Waals surface area contributed by atoms with E-state index in [1.165, 1.54) is 7.11 Å². The van der Waals surface area contributed by atoms with Crippen LogP contribution in [0.5, 0.6) is 5.75 Å². The third-order valence-corrected chi connectivity index (χ3v) is 6.54. The summed E-state index contributed by atoms with van der Waals surface area (Å²) >= 11 is 2.18. The summed E-state index contributed by atoms with van der Waals surface area (Å²) in [5, 5.41) is 17.9. The van der Waals surface area contributed by atoms with E-state index in [1.54, 1.807) is 24.3 Å². The van der Waals surface area contributed by atoms with Crippen LogP contribution in [-0.4, -0.2) is 39.6 Å². The Morgan fingerprint density at radius 3 is 1.89 bits per heavy atom. The molecular weight excluding hydrogens is 589 g/mol. The van der Waals surface area contributed by atoms with Gasteiger partial charge in [0.25, 0.3) is 0 Å². The molecule has 14 heteroatoms. The van der Waals surface area contributed by atoms with Crippen molar-refractivity contribution in [3.63, 3.8) is 0 Å². The van der Waals surface area contributed by atoms with Gasteiger partial charge in [0.2, 0.25) is 11.5 Å². The summed E-state index contributed by atoms with van der Waals surface area (Å²) in [6, 6.07) is 10.6. The Morgan fingerprint density at radius 1 is 0.838 bits per heavy atom. The van der Waals surface area contributed by atoms with Crippen molar-refractivity contribution in [1.82, 2.24) is 9.97 Å². The maximum atomic E-state index is 12.2. The number of thiazole rings is 2. The van der Waals surface area contributed by atoms with Gasteiger partial charge in [-0.1, -0.05) is 13.0 Å². The number of halogens is 6. The van der Waals surface area contributed by atoms with Crippen LogP contribution in [0.15, 0.2) is 47.9 Å². The molecule has 0 aliphatic carbocycles. The van der Waals surface area contributed by atoms with Gasteiger partial charge in [-0.25, -0.2) is 9.97 Å². The van der Waals surface area contributed by atoms with E-state index < -0.39 is 23.9 Å². The van der Waals surface area contributed by atoms with Gasteiger partial charge in [0.1, 0.15) is 15.8 Å². The van der Waals surface area contributed by atoms with Crippen molar-refractivity contribution in [2.24, 2.45) is 0 Å². The number of aliphatic hydroxyl groups is 2. The van der Waals surface area contributed by atoms with Gasteiger partial charge in [-0.05, 0) is 36.2 Å². The van der Waals surface area contributed by atoms with E-state index in [9.17, 15) is 26.3 Å². The monoisotopic (exact) mass is 607 g/mol. The number of methoxy groups -OCH3 is 1. The number of aryl methyl sites for hydroxylation is 1. The Bertz CT molecular complexity index is 1320. The van der Waals surface area contributed by atoms with Crippen molar-refractivity contribution in [3.05, 3.63) is 63.5 Å². The van der Waals surface area contributed by atoms with Gasteiger partial charge in [-0.2, -0.15) is 26.3 Å². The number of fused-ring (bicyclic) bond motifs is 2. The van der Waals surface area contributed by atoms with Gasteiger partial charge in [-0.15, -0.1) is 22.7 Å². The third kappa shape index (κ3) is 8.08. The minimum atomic E-state index is -4.75. The largest absolute Gasteiger partial charge is 0.504 e. The average Bonchev–Trinajstić information content (AvgIpc) is 3.39. The van der Waals surface area contributed by atoms with Crippen LogP contribution in [0.2, 0.25) is 0 Å². The zero-order valence-corrected chi connectivity index (χ0v) is 21.6. The number of hydrogen-bond donors (Lipinski definition) is 2. The van der Waals surface area contributed by atoms with E-state index in [2.05, 4.69) is 9.97 Å². The number of alkyl halides is 6. The summed E-state index contributed by atoms with van der Waals surface area (Å²) in [4.78, 5) is 8.00. The maximum Gasteiger partial charge on any atom is 0.448 e. The molecule has 2 aromatic heterocycles. The Labute approximate surface area is 224 Å². The molecular formula is C23H18CoF6N2O3S2. The second kappa shape index (κ2) is 12.2. The third-order valence-electron chi connectivity index (χ3n) is 4.59. The summed E-state index contributed by atoms with van der Waals surface area (Å²) in [6.07, 6.45) is -7.37. The first-order valence-corrected chi connectivity index (χ1v) is 11.7. The van der Waals surface area contributed by atoms with E-state index in [0.29, 0.717) is 28.9 Å². The maximum absolute atomic E-state index is 12.2. The fraction of sp³-hybridized carbons (Fsp3) is 0.217. The smallest absolute Gasteiger partial charge is 0.448 e. The van der Waals surface area contributed by atoms with Gasteiger partial charge in [0.15, 0.2) is 0 Å². The van der Waals surface area contributed by atoms with Crippen molar-refractivity contribution in [1.29, 1.82) is 0 Å². The fourth-order valence-electron chi connectivity index (χ4n) is 2.78. The molecule has 4 aromatic rings. The molecule has 0 unspecified atom stereocenters. The molecule has 1 radical (unpaired) electrons. The zero-order chi connectivity index (χ0) is 26.7. The van der Waals surface area contributed by atoms with Crippen LogP contribution >= 0.6 is 22.7 Å². The van der Waals surface area contributed by atoms with Crippen molar-refractivity contribution in [3.8, 4) is 5.75 Å². The number of aliphatic hydroxyl groups excluding tert-OH is 2. The van der Waals surface area contributed by atoms with Crippen LogP contribution in [-0.2, 0) is 23.2 Å². The standard InChI is InChI=1S/C12H10F3NOS.C11H8F3NO2S.Co/c1-2-7-3-4-8-9(5-7)18-11(16-8)6-10(17)12(13,14)15;1-17-6-2-3-8-7(4-6)15-10(18-8)5-9(16)11(12,13)14;/h3-6,17H,2H2,1H3;2-5,16H,1H3;/b10-6-;9-5-;. The number of benzene rings is 2. The molecule has 2 N–H and O–H groups in total. The van der Waals surface area contributed by atoms with E-state index in [1.807, 2.05) is 19.1 Å². The molecule has 0 fully saturated rings. The second-order valence-electron chi connectivity index (χ2n) is 7.15.